The summed E-state index contributed by atoms with van der Waals surface area (Å²) in [6.45, 7) is 2.75. The molecule has 1 fully saturated rings. The molecule has 0 amide bonds. The van der Waals surface area contributed by atoms with Crippen molar-refractivity contribution < 1.29 is 22.3 Å². The molecule has 2 aromatic carbocycles. The quantitative estimate of drug-likeness (QED) is 0.725. The number of halogens is 1. The van der Waals surface area contributed by atoms with Gasteiger partial charge in [0.2, 0.25) is 10.0 Å². The highest BCUT2D eigenvalue weighted by Crippen LogP contribution is 2.22. The molecule has 1 heterocycles. The number of esters is 1. The summed E-state index contributed by atoms with van der Waals surface area (Å²) in [5.74, 6) is -0.920. The van der Waals surface area contributed by atoms with Crippen molar-refractivity contribution in [2.75, 3.05) is 13.1 Å². The second-order valence-electron chi connectivity index (χ2n) is 6.59. The van der Waals surface area contributed by atoms with Crippen LogP contribution in [0.3, 0.4) is 0 Å². The van der Waals surface area contributed by atoms with Crippen molar-refractivity contribution in [1.29, 1.82) is 0 Å². The number of piperidine rings is 1. The molecule has 0 N–H and O–H groups in total. The topological polar surface area (TPSA) is 63.7 Å². The largest absolute Gasteiger partial charge is 0.454 e. The van der Waals surface area contributed by atoms with Crippen LogP contribution in [-0.4, -0.2) is 31.8 Å². The number of carbonyl (C=O) groups is 1. The van der Waals surface area contributed by atoms with Crippen LogP contribution in [0.4, 0.5) is 4.39 Å². The summed E-state index contributed by atoms with van der Waals surface area (Å²) in [5, 5.41) is 0. The molecule has 1 aliphatic heterocycles. The summed E-state index contributed by atoms with van der Waals surface area (Å²) in [4.78, 5) is 12.5. The maximum Gasteiger partial charge on any atom is 0.338 e. The van der Waals surface area contributed by atoms with Crippen molar-refractivity contribution in [2.24, 2.45) is 0 Å². The van der Waals surface area contributed by atoms with E-state index in [1.165, 1.54) is 40.7 Å². The lowest BCUT2D eigenvalue weighted by Gasteiger charge is -2.25. The average Bonchev–Trinajstić information content (AvgIpc) is 2.69. The summed E-state index contributed by atoms with van der Waals surface area (Å²) in [7, 11) is -3.53. The van der Waals surface area contributed by atoms with Gasteiger partial charge < -0.3 is 4.74 Å². The van der Waals surface area contributed by atoms with Crippen LogP contribution < -0.4 is 0 Å². The minimum Gasteiger partial charge on any atom is -0.454 e. The highest BCUT2D eigenvalue weighted by atomic mass is 32.2. The molecule has 0 radical (unpaired) electrons. The van der Waals surface area contributed by atoms with Crippen LogP contribution in [0.5, 0.6) is 0 Å². The van der Waals surface area contributed by atoms with Gasteiger partial charge in [-0.2, -0.15) is 4.31 Å². The summed E-state index contributed by atoms with van der Waals surface area (Å²) in [5.41, 5.74) is 0.940. The molecular weight excluding hydrogens is 369 g/mol. The number of sulfonamides is 1. The molecule has 0 unspecified atom stereocenters. The molecule has 2 aromatic rings. The van der Waals surface area contributed by atoms with E-state index in [9.17, 15) is 17.6 Å². The molecule has 27 heavy (non-hydrogen) atoms. The Bertz CT molecular complexity index is 889. The van der Waals surface area contributed by atoms with E-state index in [1.807, 2.05) is 0 Å². The number of benzene rings is 2. The van der Waals surface area contributed by atoms with Crippen LogP contribution >= 0.6 is 0 Å². The molecule has 1 atom stereocenters. The fraction of sp³-hybridized carbons (Fsp3) is 0.350. The zero-order valence-electron chi connectivity index (χ0n) is 15.1. The zero-order chi connectivity index (χ0) is 19.4. The fourth-order valence-electron chi connectivity index (χ4n) is 3.05. The van der Waals surface area contributed by atoms with E-state index in [4.69, 9.17) is 4.74 Å². The Kier molecular flexibility index (Phi) is 5.92. The number of carbonyl (C=O) groups excluding carboxylic acids is 1. The lowest BCUT2D eigenvalue weighted by Crippen LogP contribution is -2.35. The molecule has 5 nitrogen and oxygen atoms in total. The minimum atomic E-state index is -3.53. The van der Waals surface area contributed by atoms with E-state index in [-0.39, 0.29) is 16.3 Å². The zero-order valence-corrected chi connectivity index (χ0v) is 15.9. The number of ether oxygens (including phenoxy) is 1. The molecule has 0 saturated carbocycles. The third-order valence-corrected chi connectivity index (χ3v) is 6.58. The number of hydrogen-bond donors (Lipinski definition) is 0. The van der Waals surface area contributed by atoms with Crippen molar-refractivity contribution in [3.8, 4) is 0 Å². The number of hydrogen-bond acceptors (Lipinski definition) is 4. The van der Waals surface area contributed by atoms with Crippen LogP contribution in [-0.2, 0) is 14.8 Å². The normalized spacial score (nSPS) is 16.7. The van der Waals surface area contributed by atoms with Gasteiger partial charge in [-0.15, -0.1) is 0 Å². The standard InChI is InChI=1S/C20H22FNO4S/c1-15(16-5-9-18(21)10-6-16)26-20(23)17-7-11-19(12-8-17)27(24,25)22-13-3-2-4-14-22/h5-12,15H,2-4,13-14H2,1H3/t15-/m0/s1. The second kappa shape index (κ2) is 8.19. The molecule has 144 valence electrons. The van der Waals surface area contributed by atoms with Crippen LogP contribution in [0.15, 0.2) is 53.4 Å². The number of rotatable bonds is 5. The first-order chi connectivity index (χ1) is 12.9. The second-order valence-corrected chi connectivity index (χ2v) is 8.53. The Hall–Kier alpha value is -2.25. The Labute approximate surface area is 158 Å². The maximum atomic E-state index is 13.0. The van der Waals surface area contributed by atoms with E-state index in [1.54, 1.807) is 19.1 Å². The van der Waals surface area contributed by atoms with Gasteiger partial charge in [0.25, 0.3) is 0 Å². The predicted octanol–water partition coefficient (Wildman–Crippen LogP) is 3.92. The lowest BCUT2D eigenvalue weighted by molar-refractivity contribution is 0.0337. The van der Waals surface area contributed by atoms with E-state index in [0.29, 0.717) is 18.7 Å². The van der Waals surface area contributed by atoms with Crippen molar-refractivity contribution in [3.05, 3.63) is 65.5 Å². The van der Waals surface area contributed by atoms with Gasteiger partial charge >= 0.3 is 5.97 Å². The van der Waals surface area contributed by atoms with Gasteiger partial charge in [0.15, 0.2) is 0 Å². The van der Waals surface area contributed by atoms with Gasteiger partial charge in [-0.25, -0.2) is 17.6 Å². The highest BCUT2D eigenvalue weighted by Gasteiger charge is 2.26. The molecule has 1 aliphatic rings. The monoisotopic (exact) mass is 391 g/mol. The van der Waals surface area contributed by atoms with E-state index in [2.05, 4.69) is 0 Å². The van der Waals surface area contributed by atoms with E-state index in [0.717, 1.165) is 19.3 Å². The fourth-order valence-corrected chi connectivity index (χ4v) is 4.56. The molecule has 0 aliphatic carbocycles. The highest BCUT2D eigenvalue weighted by molar-refractivity contribution is 7.89. The smallest absolute Gasteiger partial charge is 0.338 e. The van der Waals surface area contributed by atoms with Gasteiger partial charge in [0.05, 0.1) is 10.5 Å². The van der Waals surface area contributed by atoms with Crippen molar-refractivity contribution >= 4 is 16.0 Å². The first-order valence-corrected chi connectivity index (χ1v) is 10.4. The van der Waals surface area contributed by atoms with Crippen LogP contribution in [0.1, 0.15) is 48.2 Å². The van der Waals surface area contributed by atoms with Gasteiger partial charge in [0.1, 0.15) is 11.9 Å². The minimum absolute atomic E-state index is 0.174. The first-order valence-electron chi connectivity index (χ1n) is 8.94. The summed E-state index contributed by atoms with van der Waals surface area (Å²) in [6, 6.07) is 11.5. The Morgan fingerprint density at radius 2 is 1.59 bits per heavy atom. The maximum absolute atomic E-state index is 13.0. The summed E-state index contributed by atoms with van der Waals surface area (Å²) in [6.07, 6.45) is 2.23. The third kappa shape index (κ3) is 4.54. The molecule has 0 aromatic heterocycles. The summed E-state index contributed by atoms with van der Waals surface area (Å²) >= 11 is 0. The van der Waals surface area contributed by atoms with Gasteiger partial charge in [-0.05, 0) is 61.7 Å². The van der Waals surface area contributed by atoms with Gasteiger partial charge in [-0.1, -0.05) is 18.6 Å². The average molecular weight is 391 g/mol. The third-order valence-electron chi connectivity index (χ3n) is 4.67. The van der Waals surface area contributed by atoms with Gasteiger partial charge in [-0.3, -0.25) is 0 Å². The van der Waals surface area contributed by atoms with E-state index >= 15 is 0 Å². The van der Waals surface area contributed by atoms with Gasteiger partial charge in [0, 0.05) is 13.1 Å². The molecule has 0 bridgehead atoms. The summed E-state index contributed by atoms with van der Waals surface area (Å²) < 4.78 is 45.1. The molecule has 3 rings (SSSR count). The Morgan fingerprint density at radius 3 is 2.19 bits per heavy atom. The predicted molar refractivity (Wildman–Crippen MR) is 99.3 cm³/mol. The van der Waals surface area contributed by atoms with E-state index < -0.39 is 22.1 Å². The van der Waals surface area contributed by atoms with Crippen LogP contribution in [0.2, 0.25) is 0 Å². The lowest BCUT2D eigenvalue weighted by atomic mass is 10.1. The van der Waals surface area contributed by atoms with Crippen molar-refractivity contribution in [1.82, 2.24) is 4.31 Å². The SMILES string of the molecule is C[C@H](OC(=O)c1ccc(S(=O)(=O)N2CCCCC2)cc1)c1ccc(F)cc1. The van der Waals surface area contributed by atoms with Crippen LogP contribution in [0.25, 0.3) is 0 Å². The Morgan fingerprint density at radius 1 is 1.00 bits per heavy atom. The van der Waals surface area contributed by atoms with Crippen molar-refractivity contribution in [3.63, 3.8) is 0 Å². The first kappa shape index (κ1) is 19.5. The van der Waals surface area contributed by atoms with Crippen molar-refractivity contribution in [2.45, 2.75) is 37.2 Å². The molecule has 7 heteroatoms. The molecule has 1 saturated heterocycles. The molecular formula is C20H22FNO4S. The van der Waals surface area contributed by atoms with Crippen LogP contribution in [0, 0.1) is 5.82 Å². The molecule has 0 spiro atoms. The Balaban J connectivity index is 1.69. The number of nitrogens with zero attached hydrogens (tertiary/aromatic N) is 1.